The van der Waals surface area contributed by atoms with Crippen LogP contribution in [0, 0.1) is 0 Å². The molecule has 42 heavy (non-hydrogen) atoms. The standard InChI is InChI=1S/C37H54N2O2Si/c1-28(2)42(29(3)4,30(5)6)41-37(35-23-17-12-18-24-35)32(8)38(9)36(40)25-31(7)39(26-33-19-13-10-14-20-33)27-34-21-15-11-16-22-34/h10-24,28-32,37H,25-27H2,1-9H3/t31-,32+,37-/m1/s1. The van der Waals surface area contributed by atoms with Crippen molar-refractivity contribution in [2.75, 3.05) is 7.05 Å². The van der Waals surface area contributed by atoms with Gasteiger partial charge in [-0.25, -0.2) is 0 Å². The molecule has 0 unspecified atom stereocenters. The Morgan fingerprint density at radius 1 is 0.667 bits per heavy atom. The molecule has 0 heterocycles. The molecule has 3 aromatic carbocycles. The lowest BCUT2D eigenvalue weighted by molar-refractivity contribution is -0.135. The number of likely N-dealkylation sites (N-methyl/N-ethyl adjacent to an activating group) is 1. The van der Waals surface area contributed by atoms with E-state index in [4.69, 9.17) is 4.43 Å². The number of amides is 1. The normalized spacial score (nSPS) is 14.4. The van der Waals surface area contributed by atoms with E-state index in [1.807, 2.05) is 18.0 Å². The Bertz CT molecular complexity index is 1140. The van der Waals surface area contributed by atoms with Crippen molar-refractivity contribution in [2.45, 2.75) is 110 Å². The highest BCUT2D eigenvalue weighted by atomic mass is 28.4. The van der Waals surface area contributed by atoms with Crippen LogP contribution in [0.15, 0.2) is 91.0 Å². The van der Waals surface area contributed by atoms with Crippen molar-refractivity contribution in [1.29, 1.82) is 0 Å². The SMILES string of the molecule is CC(C)[Si](O[C@@H](c1ccccc1)[C@H](C)N(C)C(=O)C[C@@H](C)N(Cc1ccccc1)Cc1ccccc1)(C(C)C)C(C)C. The van der Waals surface area contributed by atoms with Crippen LogP contribution in [0.5, 0.6) is 0 Å². The van der Waals surface area contributed by atoms with Gasteiger partial charge in [-0.05, 0) is 47.2 Å². The van der Waals surface area contributed by atoms with Crippen LogP contribution in [0.2, 0.25) is 16.6 Å². The fraction of sp³-hybridized carbons (Fsp3) is 0.486. The molecule has 0 saturated carbocycles. The van der Waals surface area contributed by atoms with E-state index in [1.165, 1.54) is 11.1 Å². The van der Waals surface area contributed by atoms with Gasteiger partial charge in [-0.15, -0.1) is 0 Å². The molecule has 5 heteroatoms. The van der Waals surface area contributed by atoms with Gasteiger partial charge in [0.2, 0.25) is 14.2 Å². The number of carbonyl (C=O) groups is 1. The van der Waals surface area contributed by atoms with Crippen molar-refractivity contribution in [1.82, 2.24) is 9.80 Å². The molecule has 0 N–H and O–H groups in total. The summed E-state index contributed by atoms with van der Waals surface area (Å²) in [6.07, 6.45) is 0.266. The summed E-state index contributed by atoms with van der Waals surface area (Å²) in [6.45, 7) is 19.9. The van der Waals surface area contributed by atoms with E-state index >= 15 is 0 Å². The van der Waals surface area contributed by atoms with Crippen LogP contribution in [-0.4, -0.2) is 43.2 Å². The zero-order valence-corrected chi connectivity index (χ0v) is 28.5. The minimum atomic E-state index is -2.20. The summed E-state index contributed by atoms with van der Waals surface area (Å²) < 4.78 is 7.39. The van der Waals surface area contributed by atoms with Gasteiger partial charge in [-0.1, -0.05) is 133 Å². The van der Waals surface area contributed by atoms with E-state index < -0.39 is 8.32 Å². The minimum absolute atomic E-state index is 0.0686. The van der Waals surface area contributed by atoms with Gasteiger partial charge in [0.1, 0.15) is 0 Å². The predicted octanol–water partition coefficient (Wildman–Crippen LogP) is 9.25. The zero-order chi connectivity index (χ0) is 30.9. The second kappa shape index (κ2) is 15.7. The average Bonchev–Trinajstić information content (AvgIpc) is 2.97. The Morgan fingerprint density at radius 2 is 1.07 bits per heavy atom. The van der Waals surface area contributed by atoms with Crippen molar-refractivity contribution < 1.29 is 9.22 Å². The Hall–Kier alpha value is -2.73. The van der Waals surface area contributed by atoms with Gasteiger partial charge in [0.15, 0.2) is 0 Å². The molecule has 1 amide bonds. The summed E-state index contributed by atoms with van der Waals surface area (Å²) in [5.41, 5.74) is 5.03. The molecule has 0 saturated heterocycles. The zero-order valence-electron chi connectivity index (χ0n) is 27.5. The third kappa shape index (κ3) is 8.43. The monoisotopic (exact) mass is 586 g/mol. The molecular formula is C37H54N2O2Si. The first-order valence-corrected chi connectivity index (χ1v) is 17.9. The third-order valence-corrected chi connectivity index (χ3v) is 15.2. The lowest BCUT2D eigenvalue weighted by Gasteiger charge is -2.47. The lowest BCUT2D eigenvalue weighted by atomic mass is 10.0. The molecule has 0 radical (unpaired) electrons. The summed E-state index contributed by atoms with van der Waals surface area (Å²) in [4.78, 5) is 18.3. The van der Waals surface area contributed by atoms with E-state index in [0.29, 0.717) is 23.0 Å². The molecule has 228 valence electrons. The first kappa shape index (κ1) is 33.8. The molecule has 0 aliphatic carbocycles. The van der Waals surface area contributed by atoms with Crippen LogP contribution < -0.4 is 0 Å². The molecule has 0 fully saturated rings. The number of benzene rings is 3. The number of nitrogens with zero attached hydrogens (tertiary/aromatic N) is 2. The van der Waals surface area contributed by atoms with Crippen LogP contribution in [0.25, 0.3) is 0 Å². The molecule has 4 nitrogen and oxygen atoms in total. The van der Waals surface area contributed by atoms with Crippen molar-refractivity contribution in [3.05, 3.63) is 108 Å². The highest BCUT2D eigenvalue weighted by Crippen LogP contribution is 2.46. The largest absolute Gasteiger partial charge is 0.407 e. The minimum Gasteiger partial charge on any atom is -0.407 e. The van der Waals surface area contributed by atoms with Crippen molar-refractivity contribution in [2.24, 2.45) is 0 Å². The maximum Gasteiger partial charge on any atom is 0.224 e. The fourth-order valence-corrected chi connectivity index (χ4v) is 12.3. The van der Waals surface area contributed by atoms with Gasteiger partial charge in [-0.2, -0.15) is 0 Å². The molecule has 3 aromatic rings. The quantitative estimate of drug-likeness (QED) is 0.166. The van der Waals surface area contributed by atoms with Crippen molar-refractivity contribution >= 4 is 14.2 Å². The molecule has 0 bridgehead atoms. The molecule has 0 spiro atoms. The number of carbonyl (C=O) groups excluding carboxylic acids is 1. The Labute approximate surface area is 257 Å². The van der Waals surface area contributed by atoms with Crippen LogP contribution >= 0.6 is 0 Å². The second-order valence-electron chi connectivity index (χ2n) is 12.9. The van der Waals surface area contributed by atoms with Crippen LogP contribution in [0.1, 0.15) is 84.6 Å². The number of hydrogen-bond acceptors (Lipinski definition) is 3. The molecule has 0 aliphatic rings. The smallest absolute Gasteiger partial charge is 0.224 e. The van der Waals surface area contributed by atoms with E-state index in [1.54, 1.807) is 0 Å². The summed E-state index contributed by atoms with van der Waals surface area (Å²) >= 11 is 0. The Balaban J connectivity index is 1.85. The van der Waals surface area contributed by atoms with Gasteiger partial charge in [0, 0.05) is 32.6 Å². The number of hydrogen-bond donors (Lipinski definition) is 0. The van der Waals surface area contributed by atoms with E-state index in [0.717, 1.165) is 18.7 Å². The van der Waals surface area contributed by atoms with Crippen LogP contribution in [-0.2, 0) is 22.3 Å². The van der Waals surface area contributed by atoms with Gasteiger partial charge in [-0.3, -0.25) is 9.69 Å². The van der Waals surface area contributed by atoms with E-state index in [9.17, 15) is 4.79 Å². The summed E-state index contributed by atoms with van der Waals surface area (Å²) in [5.74, 6) is 0.150. The molecule has 0 aromatic heterocycles. The number of rotatable bonds is 15. The average molecular weight is 587 g/mol. The summed E-state index contributed by atoms with van der Waals surface area (Å²) in [5, 5.41) is 0. The Kier molecular flexibility index (Phi) is 12.6. The second-order valence-corrected chi connectivity index (χ2v) is 18.3. The van der Waals surface area contributed by atoms with Gasteiger partial charge < -0.3 is 9.33 Å². The maximum atomic E-state index is 14.0. The van der Waals surface area contributed by atoms with Gasteiger partial charge >= 0.3 is 0 Å². The molecule has 0 aliphatic heterocycles. The topological polar surface area (TPSA) is 32.8 Å². The summed E-state index contributed by atoms with van der Waals surface area (Å²) in [7, 11) is -0.240. The fourth-order valence-electron chi connectivity index (χ4n) is 6.68. The van der Waals surface area contributed by atoms with E-state index in [-0.39, 0.29) is 24.1 Å². The van der Waals surface area contributed by atoms with Gasteiger partial charge in [0.05, 0.1) is 12.1 Å². The van der Waals surface area contributed by atoms with Crippen molar-refractivity contribution in [3.8, 4) is 0 Å². The summed E-state index contributed by atoms with van der Waals surface area (Å²) in [6, 6.07) is 31.6. The van der Waals surface area contributed by atoms with E-state index in [2.05, 4.69) is 145 Å². The maximum absolute atomic E-state index is 14.0. The van der Waals surface area contributed by atoms with Crippen LogP contribution in [0.3, 0.4) is 0 Å². The first-order valence-electron chi connectivity index (χ1n) is 15.8. The first-order chi connectivity index (χ1) is 20.0. The lowest BCUT2D eigenvalue weighted by Crippen LogP contribution is -2.52. The van der Waals surface area contributed by atoms with Crippen LogP contribution in [0.4, 0.5) is 0 Å². The predicted molar refractivity (Wildman–Crippen MR) is 180 cm³/mol. The highest BCUT2D eigenvalue weighted by Gasteiger charge is 2.48. The molecule has 3 atom stereocenters. The highest BCUT2D eigenvalue weighted by molar-refractivity contribution is 6.77. The third-order valence-electron chi connectivity index (χ3n) is 9.16. The van der Waals surface area contributed by atoms with Gasteiger partial charge in [0.25, 0.3) is 0 Å². The molecular weight excluding hydrogens is 533 g/mol. The Morgan fingerprint density at radius 3 is 1.48 bits per heavy atom. The van der Waals surface area contributed by atoms with Crippen molar-refractivity contribution in [3.63, 3.8) is 0 Å². The molecule has 3 rings (SSSR count).